The Morgan fingerprint density at radius 2 is 1.33 bits per heavy atom. The zero-order chi connectivity index (χ0) is 19.1. The third-order valence-corrected chi connectivity index (χ3v) is 4.75. The Labute approximate surface area is 160 Å². The SMILES string of the molecule is C[C@H](CC(C#N)(c1ccccc1)c1ccccc1)NC(=O)c1ccccc1. The van der Waals surface area contributed by atoms with Gasteiger partial charge in [-0.15, -0.1) is 0 Å². The van der Waals surface area contributed by atoms with Crippen LogP contribution in [0.1, 0.15) is 34.8 Å². The van der Waals surface area contributed by atoms with Gasteiger partial charge in [0.1, 0.15) is 5.41 Å². The number of nitriles is 1. The summed E-state index contributed by atoms with van der Waals surface area (Å²) in [7, 11) is 0. The maximum absolute atomic E-state index is 12.5. The molecule has 3 aromatic carbocycles. The van der Waals surface area contributed by atoms with Crippen LogP contribution in [0.4, 0.5) is 0 Å². The van der Waals surface area contributed by atoms with Gasteiger partial charge in [0, 0.05) is 11.6 Å². The van der Waals surface area contributed by atoms with Gasteiger partial charge in [-0.25, -0.2) is 0 Å². The maximum atomic E-state index is 12.5. The van der Waals surface area contributed by atoms with Crippen LogP contribution in [-0.4, -0.2) is 11.9 Å². The Morgan fingerprint density at radius 3 is 1.78 bits per heavy atom. The quantitative estimate of drug-likeness (QED) is 0.697. The Hall–Kier alpha value is -3.38. The fourth-order valence-electron chi connectivity index (χ4n) is 3.43. The first-order valence-corrected chi connectivity index (χ1v) is 9.04. The number of benzene rings is 3. The highest BCUT2D eigenvalue weighted by atomic mass is 16.1. The van der Waals surface area contributed by atoms with E-state index in [1.54, 1.807) is 12.1 Å². The molecule has 0 saturated carbocycles. The van der Waals surface area contributed by atoms with Gasteiger partial charge in [-0.1, -0.05) is 78.9 Å². The molecule has 27 heavy (non-hydrogen) atoms. The van der Waals surface area contributed by atoms with Crippen LogP contribution in [0.25, 0.3) is 0 Å². The first-order chi connectivity index (χ1) is 13.2. The van der Waals surface area contributed by atoms with Crippen LogP contribution in [0.3, 0.4) is 0 Å². The van der Waals surface area contributed by atoms with Gasteiger partial charge < -0.3 is 5.32 Å². The number of hydrogen-bond donors (Lipinski definition) is 1. The summed E-state index contributed by atoms with van der Waals surface area (Å²) in [5.41, 5.74) is 1.65. The Balaban J connectivity index is 1.90. The summed E-state index contributed by atoms with van der Waals surface area (Å²) < 4.78 is 0. The highest BCUT2D eigenvalue weighted by Crippen LogP contribution is 2.36. The molecule has 0 heterocycles. The predicted molar refractivity (Wildman–Crippen MR) is 107 cm³/mol. The zero-order valence-corrected chi connectivity index (χ0v) is 15.3. The summed E-state index contributed by atoms with van der Waals surface area (Å²) in [6.07, 6.45) is 0.482. The third-order valence-electron chi connectivity index (χ3n) is 4.75. The van der Waals surface area contributed by atoms with E-state index in [1.807, 2.05) is 85.8 Å². The fourth-order valence-corrected chi connectivity index (χ4v) is 3.43. The van der Waals surface area contributed by atoms with Gasteiger partial charge in [0.15, 0.2) is 0 Å². The van der Waals surface area contributed by atoms with Crippen LogP contribution < -0.4 is 5.32 Å². The summed E-state index contributed by atoms with van der Waals surface area (Å²) in [5.74, 6) is -0.129. The van der Waals surface area contributed by atoms with E-state index in [1.165, 1.54) is 0 Å². The standard InChI is InChI=1S/C24H22N2O/c1-19(26-23(27)20-11-5-2-6-12-20)17-24(18-25,21-13-7-3-8-14-21)22-15-9-4-10-16-22/h2-16,19H,17H2,1H3,(H,26,27)/t19-/m1/s1. The Bertz CT molecular complexity index is 875. The van der Waals surface area contributed by atoms with Crippen molar-refractivity contribution in [1.82, 2.24) is 5.32 Å². The largest absolute Gasteiger partial charge is 0.350 e. The van der Waals surface area contributed by atoms with Crippen LogP contribution in [0, 0.1) is 11.3 Å². The molecule has 1 N–H and O–H groups in total. The van der Waals surface area contributed by atoms with Crippen molar-refractivity contribution in [3.8, 4) is 6.07 Å². The minimum atomic E-state index is -0.827. The van der Waals surface area contributed by atoms with E-state index in [0.29, 0.717) is 12.0 Å². The second-order valence-corrected chi connectivity index (χ2v) is 6.69. The van der Waals surface area contributed by atoms with E-state index in [2.05, 4.69) is 11.4 Å². The minimum Gasteiger partial charge on any atom is -0.350 e. The molecule has 0 saturated heterocycles. The van der Waals surface area contributed by atoms with Gasteiger partial charge >= 0.3 is 0 Å². The molecule has 0 spiro atoms. The van der Waals surface area contributed by atoms with Gasteiger partial charge in [-0.3, -0.25) is 4.79 Å². The number of nitrogens with zero attached hydrogens (tertiary/aromatic N) is 1. The summed E-state index contributed by atoms with van der Waals surface area (Å²) >= 11 is 0. The van der Waals surface area contributed by atoms with Crippen LogP contribution in [0.5, 0.6) is 0 Å². The summed E-state index contributed by atoms with van der Waals surface area (Å²) in [4.78, 5) is 12.5. The van der Waals surface area contributed by atoms with Crippen LogP contribution in [-0.2, 0) is 5.41 Å². The van der Waals surface area contributed by atoms with Crippen molar-refractivity contribution >= 4 is 5.91 Å². The third kappa shape index (κ3) is 4.07. The summed E-state index contributed by atoms with van der Waals surface area (Å²) in [5, 5.41) is 13.3. The average molecular weight is 354 g/mol. The Kier molecular flexibility index (Phi) is 5.68. The highest BCUT2D eigenvalue weighted by molar-refractivity contribution is 5.94. The minimum absolute atomic E-state index is 0.129. The van der Waals surface area contributed by atoms with Crippen molar-refractivity contribution in [3.63, 3.8) is 0 Å². The molecule has 0 radical (unpaired) electrons. The lowest BCUT2D eigenvalue weighted by Crippen LogP contribution is -2.39. The topological polar surface area (TPSA) is 52.9 Å². The number of carbonyl (C=O) groups excluding carboxylic acids is 1. The molecule has 0 aliphatic rings. The first-order valence-electron chi connectivity index (χ1n) is 9.04. The lowest BCUT2D eigenvalue weighted by molar-refractivity contribution is 0.0936. The monoisotopic (exact) mass is 354 g/mol. The van der Waals surface area contributed by atoms with E-state index in [0.717, 1.165) is 11.1 Å². The maximum Gasteiger partial charge on any atom is 0.251 e. The molecule has 1 atom stereocenters. The van der Waals surface area contributed by atoms with Crippen molar-refractivity contribution in [3.05, 3.63) is 108 Å². The first kappa shape index (κ1) is 18.4. The van der Waals surface area contributed by atoms with Crippen molar-refractivity contribution < 1.29 is 4.79 Å². The lowest BCUT2D eigenvalue weighted by Gasteiger charge is -2.31. The molecule has 3 rings (SSSR count). The van der Waals surface area contributed by atoms with Gasteiger partial charge in [-0.2, -0.15) is 5.26 Å². The number of nitrogens with one attached hydrogen (secondary N) is 1. The van der Waals surface area contributed by atoms with Gasteiger partial charge in [-0.05, 0) is 36.6 Å². The number of hydrogen-bond acceptors (Lipinski definition) is 2. The van der Waals surface area contributed by atoms with E-state index in [4.69, 9.17) is 0 Å². The molecule has 0 aliphatic carbocycles. The number of rotatable bonds is 6. The molecule has 0 bridgehead atoms. The van der Waals surface area contributed by atoms with Crippen molar-refractivity contribution in [2.24, 2.45) is 0 Å². The lowest BCUT2D eigenvalue weighted by atomic mass is 9.71. The summed E-state index contributed by atoms with van der Waals surface area (Å²) in [6.45, 7) is 1.94. The molecular formula is C24H22N2O. The van der Waals surface area contributed by atoms with Crippen LogP contribution >= 0.6 is 0 Å². The predicted octanol–water partition coefficient (Wildman–Crippen LogP) is 4.70. The normalized spacial score (nSPS) is 12.0. The average Bonchev–Trinajstić information content (AvgIpc) is 2.74. The molecule has 0 fully saturated rings. The molecule has 134 valence electrons. The van der Waals surface area contributed by atoms with E-state index < -0.39 is 5.41 Å². The Morgan fingerprint density at radius 1 is 0.889 bits per heavy atom. The second kappa shape index (κ2) is 8.33. The van der Waals surface area contributed by atoms with Crippen LogP contribution in [0.2, 0.25) is 0 Å². The van der Waals surface area contributed by atoms with Gasteiger partial charge in [0.25, 0.3) is 5.91 Å². The zero-order valence-electron chi connectivity index (χ0n) is 15.3. The highest BCUT2D eigenvalue weighted by Gasteiger charge is 2.36. The van der Waals surface area contributed by atoms with Crippen molar-refractivity contribution in [1.29, 1.82) is 5.26 Å². The van der Waals surface area contributed by atoms with Crippen LogP contribution in [0.15, 0.2) is 91.0 Å². The molecule has 3 heteroatoms. The summed E-state index contributed by atoms with van der Waals surface area (Å²) in [6, 6.07) is 31.0. The molecule has 3 nitrogen and oxygen atoms in total. The van der Waals surface area contributed by atoms with Crippen molar-refractivity contribution in [2.75, 3.05) is 0 Å². The number of amides is 1. The van der Waals surface area contributed by atoms with Crippen molar-refractivity contribution in [2.45, 2.75) is 24.8 Å². The molecule has 0 unspecified atom stereocenters. The van der Waals surface area contributed by atoms with E-state index in [-0.39, 0.29) is 11.9 Å². The van der Waals surface area contributed by atoms with Gasteiger partial charge in [0.2, 0.25) is 0 Å². The second-order valence-electron chi connectivity index (χ2n) is 6.69. The number of carbonyl (C=O) groups is 1. The van der Waals surface area contributed by atoms with E-state index in [9.17, 15) is 10.1 Å². The smallest absolute Gasteiger partial charge is 0.251 e. The van der Waals surface area contributed by atoms with E-state index >= 15 is 0 Å². The molecule has 0 aliphatic heterocycles. The molecule has 1 amide bonds. The van der Waals surface area contributed by atoms with Gasteiger partial charge in [0.05, 0.1) is 6.07 Å². The molecular weight excluding hydrogens is 332 g/mol. The fraction of sp³-hybridized carbons (Fsp3) is 0.167. The molecule has 0 aromatic heterocycles. The molecule has 3 aromatic rings.